The zero-order valence-corrected chi connectivity index (χ0v) is 14.5. The molecule has 0 saturated carbocycles. The second-order valence-corrected chi connectivity index (χ2v) is 6.86. The molecule has 0 aliphatic carbocycles. The van der Waals surface area contributed by atoms with Gasteiger partial charge in [0.05, 0.1) is 30.3 Å². The Morgan fingerprint density at radius 2 is 2.12 bits per heavy atom. The van der Waals surface area contributed by atoms with E-state index in [1.54, 1.807) is 40.5 Å². The Kier molecular flexibility index (Phi) is 5.50. The number of thiophene rings is 1. The van der Waals surface area contributed by atoms with Crippen molar-refractivity contribution < 1.29 is 14.3 Å². The van der Waals surface area contributed by atoms with Crippen LogP contribution in [0.3, 0.4) is 0 Å². The Bertz CT molecular complexity index is 720. The fourth-order valence-electron chi connectivity index (χ4n) is 2.48. The average molecular weight is 365 g/mol. The first-order valence-corrected chi connectivity index (χ1v) is 8.86. The summed E-state index contributed by atoms with van der Waals surface area (Å²) in [5, 5.41) is 5.16. The number of benzene rings is 1. The number of nitrogens with zero attached hydrogens (tertiary/aromatic N) is 1. The van der Waals surface area contributed by atoms with Gasteiger partial charge in [-0.15, -0.1) is 11.3 Å². The highest BCUT2D eigenvalue weighted by atomic mass is 35.5. The molecule has 1 aliphatic heterocycles. The van der Waals surface area contributed by atoms with Gasteiger partial charge in [-0.05, 0) is 23.6 Å². The van der Waals surface area contributed by atoms with E-state index in [1.165, 1.54) is 0 Å². The molecule has 1 unspecified atom stereocenters. The van der Waals surface area contributed by atoms with Crippen LogP contribution in [0.25, 0.3) is 0 Å². The molecule has 0 bridgehead atoms. The summed E-state index contributed by atoms with van der Waals surface area (Å²) in [6, 6.07) is 10.9. The molecule has 1 aromatic carbocycles. The molecule has 24 heavy (non-hydrogen) atoms. The Morgan fingerprint density at radius 1 is 1.29 bits per heavy atom. The normalized spacial score (nSPS) is 17.5. The molecular formula is C17H17ClN2O3S. The van der Waals surface area contributed by atoms with E-state index in [4.69, 9.17) is 16.3 Å². The van der Waals surface area contributed by atoms with Crippen LogP contribution in [0, 0.1) is 0 Å². The average Bonchev–Trinajstić information content (AvgIpc) is 3.10. The summed E-state index contributed by atoms with van der Waals surface area (Å²) in [4.78, 5) is 27.4. The third-order valence-corrected chi connectivity index (χ3v) is 4.95. The van der Waals surface area contributed by atoms with E-state index < -0.39 is 6.10 Å². The van der Waals surface area contributed by atoms with E-state index in [9.17, 15) is 9.59 Å². The second kappa shape index (κ2) is 7.79. The zero-order valence-electron chi connectivity index (χ0n) is 12.9. The van der Waals surface area contributed by atoms with Crippen molar-refractivity contribution in [1.82, 2.24) is 4.90 Å². The lowest BCUT2D eigenvalue weighted by molar-refractivity contribution is -0.144. The molecule has 0 radical (unpaired) electrons. The highest BCUT2D eigenvalue weighted by Gasteiger charge is 2.29. The van der Waals surface area contributed by atoms with Gasteiger partial charge < -0.3 is 15.0 Å². The van der Waals surface area contributed by atoms with Crippen molar-refractivity contribution in [3.05, 3.63) is 51.7 Å². The van der Waals surface area contributed by atoms with Gasteiger partial charge in [0.15, 0.2) is 6.10 Å². The highest BCUT2D eigenvalue weighted by molar-refractivity contribution is 7.10. The number of hydrogen-bond acceptors (Lipinski definition) is 4. The first-order valence-electron chi connectivity index (χ1n) is 7.60. The Hall–Kier alpha value is -1.89. The van der Waals surface area contributed by atoms with Gasteiger partial charge in [-0.2, -0.15) is 0 Å². The molecule has 2 heterocycles. The summed E-state index contributed by atoms with van der Waals surface area (Å²) in [5.74, 6) is -0.284. The predicted molar refractivity (Wildman–Crippen MR) is 94.4 cm³/mol. The van der Waals surface area contributed by atoms with Crippen LogP contribution in [0.5, 0.6) is 0 Å². The fraction of sp³-hybridized carbons (Fsp3) is 0.294. The number of para-hydroxylation sites is 1. The largest absolute Gasteiger partial charge is 0.365 e. The van der Waals surface area contributed by atoms with Crippen LogP contribution in [0.15, 0.2) is 41.8 Å². The van der Waals surface area contributed by atoms with Crippen molar-refractivity contribution in [1.29, 1.82) is 0 Å². The lowest BCUT2D eigenvalue weighted by atomic mass is 10.2. The summed E-state index contributed by atoms with van der Waals surface area (Å²) in [6.07, 6.45) is -0.335. The number of morpholine rings is 1. The molecule has 5 nitrogen and oxygen atoms in total. The van der Waals surface area contributed by atoms with Gasteiger partial charge in [0.1, 0.15) is 0 Å². The van der Waals surface area contributed by atoms with Crippen molar-refractivity contribution in [3.63, 3.8) is 0 Å². The summed E-state index contributed by atoms with van der Waals surface area (Å²) in [7, 11) is 0. The van der Waals surface area contributed by atoms with E-state index in [1.807, 2.05) is 17.5 Å². The van der Waals surface area contributed by atoms with Crippen LogP contribution in [0.2, 0.25) is 5.02 Å². The van der Waals surface area contributed by atoms with Crippen molar-refractivity contribution >= 4 is 40.4 Å². The van der Waals surface area contributed by atoms with Gasteiger partial charge in [0.25, 0.3) is 5.91 Å². The maximum Gasteiger partial charge on any atom is 0.255 e. The minimum atomic E-state index is -0.692. The number of carbonyl (C=O) groups excluding carboxylic acids is 2. The third-order valence-electron chi connectivity index (χ3n) is 3.75. The molecule has 3 rings (SSSR count). The predicted octanol–water partition coefficient (Wildman–Crippen LogP) is 2.81. The smallest absolute Gasteiger partial charge is 0.255 e. The van der Waals surface area contributed by atoms with Crippen molar-refractivity contribution in [3.8, 4) is 0 Å². The molecule has 2 aromatic rings. The first kappa shape index (κ1) is 17.0. The minimum absolute atomic E-state index is 0.0105. The van der Waals surface area contributed by atoms with E-state index in [2.05, 4.69) is 5.32 Å². The van der Waals surface area contributed by atoms with E-state index in [0.717, 1.165) is 4.88 Å². The van der Waals surface area contributed by atoms with E-state index >= 15 is 0 Å². The quantitative estimate of drug-likeness (QED) is 0.907. The van der Waals surface area contributed by atoms with Gasteiger partial charge in [-0.1, -0.05) is 29.8 Å². The number of hydrogen-bond donors (Lipinski definition) is 1. The van der Waals surface area contributed by atoms with Gasteiger partial charge in [0, 0.05) is 11.4 Å². The Labute approximate surface area is 149 Å². The number of halogens is 1. The molecule has 1 atom stereocenters. The summed E-state index contributed by atoms with van der Waals surface area (Å²) in [5.41, 5.74) is 0.537. The maximum atomic E-state index is 12.4. The monoisotopic (exact) mass is 364 g/mol. The fourth-order valence-corrected chi connectivity index (χ4v) is 3.36. The van der Waals surface area contributed by atoms with Crippen molar-refractivity contribution in [2.45, 2.75) is 12.5 Å². The third kappa shape index (κ3) is 4.14. The molecular weight excluding hydrogens is 348 g/mol. The minimum Gasteiger partial charge on any atom is -0.365 e. The SMILES string of the molecule is O=C(Nc1ccccc1Cl)C1CN(C(=O)Cc2cccs2)CCO1. The summed E-state index contributed by atoms with van der Waals surface area (Å²) >= 11 is 7.60. The molecule has 1 N–H and O–H groups in total. The van der Waals surface area contributed by atoms with Crippen LogP contribution in [0.1, 0.15) is 4.88 Å². The van der Waals surface area contributed by atoms with Crippen LogP contribution in [-0.4, -0.2) is 42.5 Å². The lowest BCUT2D eigenvalue weighted by Crippen LogP contribution is -2.50. The highest BCUT2D eigenvalue weighted by Crippen LogP contribution is 2.21. The molecule has 1 saturated heterocycles. The molecule has 0 spiro atoms. The standard InChI is InChI=1S/C17H17ClN2O3S/c18-13-5-1-2-6-14(13)19-17(22)15-11-20(7-8-23-15)16(21)10-12-4-3-9-24-12/h1-6,9,15H,7-8,10-11H2,(H,19,22). The van der Waals surface area contributed by atoms with Gasteiger partial charge in [0.2, 0.25) is 5.91 Å². The number of nitrogens with one attached hydrogen (secondary N) is 1. The number of rotatable bonds is 4. The van der Waals surface area contributed by atoms with Gasteiger partial charge >= 0.3 is 0 Å². The number of anilines is 1. The molecule has 1 aliphatic rings. The van der Waals surface area contributed by atoms with Gasteiger partial charge in [-0.25, -0.2) is 0 Å². The van der Waals surface area contributed by atoms with E-state index in [0.29, 0.717) is 30.3 Å². The lowest BCUT2D eigenvalue weighted by Gasteiger charge is -2.32. The van der Waals surface area contributed by atoms with Crippen LogP contribution in [-0.2, 0) is 20.7 Å². The molecule has 126 valence electrons. The Balaban J connectivity index is 1.59. The number of amides is 2. The molecule has 1 aromatic heterocycles. The number of carbonyl (C=O) groups is 2. The molecule has 1 fully saturated rings. The topological polar surface area (TPSA) is 58.6 Å². The Morgan fingerprint density at radius 3 is 2.88 bits per heavy atom. The zero-order chi connectivity index (χ0) is 16.9. The van der Waals surface area contributed by atoms with E-state index in [-0.39, 0.29) is 18.4 Å². The number of ether oxygens (including phenoxy) is 1. The second-order valence-electron chi connectivity index (χ2n) is 5.42. The van der Waals surface area contributed by atoms with Crippen LogP contribution < -0.4 is 5.32 Å². The summed E-state index contributed by atoms with van der Waals surface area (Å²) < 4.78 is 5.52. The van der Waals surface area contributed by atoms with Crippen molar-refractivity contribution in [2.75, 3.05) is 25.0 Å². The van der Waals surface area contributed by atoms with Crippen LogP contribution in [0.4, 0.5) is 5.69 Å². The molecule has 2 amide bonds. The van der Waals surface area contributed by atoms with Crippen molar-refractivity contribution in [2.24, 2.45) is 0 Å². The van der Waals surface area contributed by atoms with Gasteiger partial charge in [-0.3, -0.25) is 9.59 Å². The molecule has 7 heteroatoms. The first-order chi connectivity index (χ1) is 11.6. The van der Waals surface area contributed by atoms with Crippen LogP contribution >= 0.6 is 22.9 Å². The maximum absolute atomic E-state index is 12.4. The summed E-state index contributed by atoms with van der Waals surface area (Å²) in [6.45, 7) is 1.09.